The Morgan fingerprint density at radius 2 is 2.00 bits per heavy atom. The third kappa shape index (κ3) is 1.95. The van der Waals surface area contributed by atoms with Gasteiger partial charge in [0.1, 0.15) is 0 Å². The maximum absolute atomic E-state index is 6.09. The van der Waals surface area contributed by atoms with Crippen LogP contribution in [0.3, 0.4) is 0 Å². The first-order valence-corrected chi connectivity index (χ1v) is 6.42. The van der Waals surface area contributed by atoms with Crippen molar-refractivity contribution in [2.45, 2.75) is 25.0 Å². The van der Waals surface area contributed by atoms with Crippen LogP contribution in [0, 0.1) is 0 Å². The molecule has 0 aromatic heterocycles. The number of benzene rings is 1. The van der Waals surface area contributed by atoms with E-state index in [0.29, 0.717) is 0 Å². The molecule has 1 fully saturated rings. The quantitative estimate of drug-likeness (QED) is 0.865. The first-order valence-electron chi connectivity index (χ1n) is 6.42. The van der Waals surface area contributed by atoms with Gasteiger partial charge in [-0.15, -0.1) is 0 Å². The lowest BCUT2D eigenvalue weighted by molar-refractivity contribution is -0.0144. The molecule has 1 saturated heterocycles. The van der Waals surface area contributed by atoms with Crippen molar-refractivity contribution in [2.24, 2.45) is 0 Å². The van der Waals surface area contributed by atoms with Gasteiger partial charge in [0.25, 0.3) is 0 Å². The maximum Gasteiger partial charge on any atom is 0.161 e. The highest BCUT2D eigenvalue weighted by molar-refractivity contribution is 5.49. The van der Waals surface area contributed by atoms with Crippen LogP contribution in [0.1, 0.15) is 23.7 Å². The van der Waals surface area contributed by atoms with Crippen LogP contribution in [-0.4, -0.2) is 33.4 Å². The second-order valence-corrected chi connectivity index (χ2v) is 4.85. The van der Waals surface area contributed by atoms with E-state index >= 15 is 0 Å². The van der Waals surface area contributed by atoms with E-state index in [2.05, 4.69) is 17.4 Å². The minimum absolute atomic E-state index is 0.188. The molecule has 1 N–H and O–H groups in total. The lowest BCUT2D eigenvalue weighted by Crippen LogP contribution is -2.31. The van der Waals surface area contributed by atoms with Gasteiger partial charge in [0.2, 0.25) is 0 Å². The molecular weight excluding hydrogens is 230 g/mol. The summed E-state index contributed by atoms with van der Waals surface area (Å²) in [5.74, 6) is 1.60. The molecule has 2 aliphatic heterocycles. The fourth-order valence-corrected chi connectivity index (χ4v) is 2.85. The molecule has 0 radical (unpaired) electrons. The van der Waals surface area contributed by atoms with Crippen molar-refractivity contribution in [3.8, 4) is 11.5 Å². The molecule has 0 saturated carbocycles. The van der Waals surface area contributed by atoms with Gasteiger partial charge in [-0.3, -0.25) is 0 Å². The van der Waals surface area contributed by atoms with Gasteiger partial charge in [-0.1, -0.05) is 0 Å². The average molecular weight is 249 g/mol. The Labute approximate surface area is 107 Å². The van der Waals surface area contributed by atoms with Crippen LogP contribution in [0.5, 0.6) is 11.5 Å². The number of hydrogen-bond donors (Lipinski definition) is 1. The zero-order chi connectivity index (χ0) is 12.5. The Balaban J connectivity index is 2.04. The normalized spacial score (nSPS) is 26.1. The van der Waals surface area contributed by atoms with Gasteiger partial charge in [-0.25, -0.2) is 0 Å². The molecule has 0 aliphatic carbocycles. The molecule has 4 nitrogen and oxygen atoms in total. The zero-order valence-electron chi connectivity index (χ0n) is 10.9. The topological polar surface area (TPSA) is 39.7 Å². The smallest absolute Gasteiger partial charge is 0.161 e. The van der Waals surface area contributed by atoms with Crippen molar-refractivity contribution in [3.05, 3.63) is 23.3 Å². The fourth-order valence-electron chi connectivity index (χ4n) is 2.85. The molecule has 2 aliphatic rings. The van der Waals surface area contributed by atoms with Crippen LogP contribution in [0.2, 0.25) is 0 Å². The van der Waals surface area contributed by atoms with E-state index < -0.39 is 0 Å². The van der Waals surface area contributed by atoms with Crippen molar-refractivity contribution in [2.75, 3.05) is 27.3 Å². The molecule has 2 bridgehead atoms. The van der Waals surface area contributed by atoms with E-state index in [4.69, 9.17) is 14.2 Å². The molecule has 98 valence electrons. The summed E-state index contributed by atoms with van der Waals surface area (Å²) in [4.78, 5) is 0. The summed E-state index contributed by atoms with van der Waals surface area (Å²) in [5.41, 5.74) is 2.59. The Kier molecular flexibility index (Phi) is 3.14. The maximum atomic E-state index is 6.09. The molecule has 0 spiro atoms. The van der Waals surface area contributed by atoms with Gasteiger partial charge in [0.05, 0.1) is 26.4 Å². The molecule has 0 unspecified atom stereocenters. The summed E-state index contributed by atoms with van der Waals surface area (Å²) in [6.07, 6.45) is 2.43. The highest BCUT2D eigenvalue weighted by Gasteiger charge is 2.30. The molecule has 0 amide bonds. The second kappa shape index (κ2) is 4.78. The van der Waals surface area contributed by atoms with Gasteiger partial charge >= 0.3 is 0 Å². The fraction of sp³-hybridized carbons (Fsp3) is 0.571. The third-order valence-electron chi connectivity index (χ3n) is 3.75. The third-order valence-corrected chi connectivity index (χ3v) is 3.75. The predicted octanol–water partition coefficient (Wildman–Crippen LogP) is 1.68. The first kappa shape index (κ1) is 11.8. The summed E-state index contributed by atoms with van der Waals surface area (Å²) in [6.45, 7) is 1.94. The number of fused-ring (bicyclic) bond motifs is 4. The van der Waals surface area contributed by atoms with Gasteiger partial charge < -0.3 is 19.5 Å². The van der Waals surface area contributed by atoms with Crippen LogP contribution in [0.15, 0.2) is 12.1 Å². The number of rotatable bonds is 2. The Hall–Kier alpha value is -1.26. The molecule has 3 rings (SSSR count). The second-order valence-electron chi connectivity index (χ2n) is 4.85. The van der Waals surface area contributed by atoms with Gasteiger partial charge in [-0.2, -0.15) is 0 Å². The van der Waals surface area contributed by atoms with E-state index in [0.717, 1.165) is 37.4 Å². The minimum atomic E-state index is 0.188. The predicted molar refractivity (Wildman–Crippen MR) is 68.4 cm³/mol. The van der Waals surface area contributed by atoms with E-state index in [1.807, 2.05) is 0 Å². The summed E-state index contributed by atoms with van der Waals surface area (Å²) in [7, 11) is 3.35. The monoisotopic (exact) mass is 249 g/mol. The van der Waals surface area contributed by atoms with Crippen LogP contribution in [-0.2, 0) is 11.2 Å². The van der Waals surface area contributed by atoms with Crippen LogP contribution in [0.25, 0.3) is 0 Å². The van der Waals surface area contributed by atoms with Crippen molar-refractivity contribution < 1.29 is 14.2 Å². The molecule has 18 heavy (non-hydrogen) atoms. The summed E-state index contributed by atoms with van der Waals surface area (Å²) in [5, 5.41) is 3.42. The number of hydrogen-bond acceptors (Lipinski definition) is 4. The summed E-state index contributed by atoms with van der Waals surface area (Å²) < 4.78 is 16.8. The van der Waals surface area contributed by atoms with E-state index in [1.165, 1.54) is 11.1 Å². The van der Waals surface area contributed by atoms with Crippen LogP contribution >= 0.6 is 0 Å². The molecule has 2 heterocycles. The Morgan fingerprint density at radius 1 is 1.22 bits per heavy atom. The standard InChI is InChI=1S/C14H19NO3/c1-16-13-6-9-5-10-8-15-4-3-12(18-10)11(9)7-14(13)17-2/h6-7,10,12,15H,3-5,8H2,1-2H3/t10-,12-/m1/s1. The summed E-state index contributed by atoms with van der Waals surface area (Å²) >= 11 is 0. The van der Waals surface area contributed by atoms with Crippen LogP contribution < -0.4 is 14.8 Å². The highest BCUT2D eigenvalue weighted by Crippen LogP contribution is 2.40. The van der Waals surface area contributed by atoms with Gasteiger partial charge in [0, 0.05) is 13.0 Å². The van der Waals surface area contributed by atoms with Crippen molar-refractivity contribution >= 4 is 0 Å². The summed E-state index contributed by atoms with van der Waals surface area (Å²) in [6, 6.07) is 4.17. The largest absolute Gasteiger partial charge is 0.493 e. The molecule has 1 aromatic rings. The lowest BCUT2D eigenvalue weighted by Gasteiger charge is -2.30. The molecular formula is C14H19NO3. The molecule has 2 atom stereocenters. The first-order chi connectivity index (χ1) is 8.81. The molecule has 4 heteroatoms. The highest BCUT2D eigenvalue weighted by atomic mass is 16.5. The van der Waals surface area contributed by atoms with Crippen LogP contribution in [0.4, 0.5) is 0 Å². The number of ether oxygens (including phenoxy) is 3. The minimum Gasteiger partial charge on any atom is -0.493 e. The zero-order valence-corrected chi connectivity index (χ0v) is 10.9. The van der Waals surface area contributed by atoms with E-state index in [9.17, 15) is 0 Å². The van der Waals surface area contributed by atoms with Gasteiger partial charge in [0.15, 0.2) is 11.5 Å². The van der Waals surface area contributed by atoms with Crippen molar-refractivity contribution in [1.29, 1.82) is 0 Å². The number of methoxy groups -OCH3 is 2. The molecule has 1 aromatic carbocycles. The SMILES string of the molecule is COc1cc2c(cc1OC)[C@H]1CCNC[C@@H](C2)O1. The number of nitrogens with one attached hydrogen (secondary N) is 1. The van der Waals surface area contributed by atoms with Crippen molar-refractivity contribution in [1.82, 2.24) is 5.32 Å². The lowest BCUT2D eigenvalue weighted by atomic mass is 9.93. The van der Waals surface area contributed by atoms with E-state index in [-0.39, 0.29) is 12.2 Å². The van der Waals surface area contributed by atoms with Crippen molar-refractivity contribution in [3.63, 3.8) is 0 Å². The van der Waals surface area contributed by atoms with E-state index in [1.54, 1.807) is 14.2 Å². The average Bonchev–Trinajstić information content (AvgIpc) is 2.60. The van der Waals surface area contributed by atoms with Gasteiger partial charge in [-0.05, 0) is 36.2 Å². The Bertz CT molecular complexity index is 447. The Morgan fingerprint density at radius 3 is 2.78 bits per heavy atom.